The third-order valence-corrected chi connectivity index (χ3v) is 4.39. The number of halogens is 2. The maximum Gasteiger partial charge on any atom is 0.261 e. The van der Waals surface area contributed by atoms with Gasteiger partial charge >= 0.3 is 0 Å². The maximum absolute atomic E-state index is 13.1. The van der Waals surface area contributed by atoms with Gasteiger partial charge in [0.15, 0.2) is 0 Å². The molecule has 0 spiro atoms. The molecule has 0 atom stereocenters. The van der Waals surface area contributed by atoms with Crippen molar-refractivity contribution in [2.24, 2.45) is 0 Å². The summed E-state index contributed by atoms with van der Waals surface area (Å²) in [5.41, 5.74) is 0.716. The van der Waals surface area contributed by atoms with Crippen LogP contribution in [0.1, 0.15) is 5.56 Å². The van der Waals surface area contributed by atoms with Crippen molar-refractivity contribution in [3.05, 3.63) is 58.3 Å². The summed E-state index contributed by atoms with van der Waals surface area (Å²) in [4.78, 5) is 0.142. The van der Waals surface area contributed by atoms with E-state index in [2.05, 4.69) is 20.7 Å². The largest absolute Gasteiger partial charge is 0.280 e. The van der Waals surface area contributed by atoms with Crippen LogP contribution in [0.5, 0.6) is 0 Å². The number of hydrogen-bond acceptors (Lipinski definition) is 2. The minimum absolute atomic E-state index is 0.142. The first kappa shape index (κ1) is 14.0. The van der Waals surface area contributed by atoms with E-state index in [0.717, 1.165) is 0 Å². The van der Waals surface area contributed by atoms with Crippen LogP contribution >= 0.6 is 15.9 Å². The van der Waals surface area contributed by atoms with Crippen LogP contribution in [0.25, 0.3) is 0 Å². The van der Waals surface area contributed by atoms with Crippen LogP contribution in [-0.4, -0.2) is 8.42 Å². The molecule has 2 aromatic rings. The van der Waals surface area contributed by atoms with Crippen LogP contribution < -0.4 is 4.72 Å². The summed E-state index contributed by atoms with van der Waals surface area (Å²) in [6.07, 6.45) is 0. The van der Waals surface area contributed by atoms with Crippen molar-refractivity contribution in [1.82, 2.24) is 0 Å². The lowest BCUT2D eigenvalue weighted by molar-refractivity contribution is 0.600. The lowest BCUT2D eigenvalue weighted by Gasteiger charge is -2.09. The van der Waals surface area contributed by atoms with Crippen molar-refractivity contribution in [2.45, 2.75) is 11.8 Å². The zero-order chi connectivity index (χ0) is 14.0. The molecule has 0 aliphatic rings. The molecule has 0 saturated carbocycles. The minimum Gasteiger partial charge on any atom is -0.280 e. The molecule has 0 fully saturated rings. The van der Waals surface area contributed by atoms with Crippen molar-refractivity contribution < 1.29 is 12.8 Å². The van der Waals surface area contributed by atoms with E-state index in [1.165, 1.54) is 30.3 Å². The Morgan fingerprint density at radius 3 is 2.53 bits per heavy atom. The molecule has 0 heterocycles. The molecule has 1 N–H and O–H groups in total. The topological polar surface area (TPSA) is 46.2 Å². The van der Waals surface area contributed by atoms with Crippen molar-refractivity contribution >= 4 is 31.6 Å². The quantitative estimate of drug-likeness (QED) is 0.923. The zero-order valence-electron chi connectivity index (χ0n) is 10.0. The Morgan fingerprint density at radius 1 is 1.16 bits per heavy atom. The number of aryl methyl sites for hydroxylation is 1. The first-order chi connectivity index (χ1) is 8.88. The standard InChI is InChI=1S/C13H11BrFNO2S/c1-9-7-11(5-6-13(9)15)16-19(17,18)12-4-2-3-10(14)8-12/h2-8,16H,1H3. The molecule has 0 unspecified atom stereocenters. The molecule has 0 radical (unpaired) electrons. The van der Waals surface area contributed by atoms with Crippen molar-refractivity contribution in [3.8, 4) is 0 Å². The van der Waals surface area contributed by atoms with Gasteiger partial charge in [-0.15, -0.1) is 0 Å². The molecular weight excluding hydrogens is 333 g/mol. The fourth-order valence-electron chi connectivity index (χ4n) is 1.56. The van der Waals surface area contributed by atoms with Gasteiger partial charge < -0.3 is 0 Å². The summed E-state index contributed by atoms with van der Waals surface area (Å²) in [6.45, 7) is 1.58. The van der Waals surface area contributed by atoms with E-state index in [0.29, 0.717) is 15.7 Å². The number of benzene rings is 2. The van der Waals surface area contributed by atoms with E-state index in [9.17, 15) is 12.8 Å². The normalized spacial score (nSPS) is 11.3. The number of rotatable bonds is 3. The Hall–Kier alpha value is -1.40. The number of hydrogen-bond donors (Lipinski definition) is 1. The molecule has 3 nitrogen and oxygen atoms in total. The molecule has 2 rings (SSSR count). The van der Waals surface area contributed by atoms with Crippen molar-refractivity contribution in [2.75, 3.05) is 4.72 Å². The molecule has 0 aliphatic heterocycles. The molecular formula is C13H11BrFNO2S. The third kappa shape index (κ3) is 3.33. The molecule has 0 aliphatic carbocycles. The molecule has 0 amide bonds. The fraction of sp³-hybridized carbons (Fsp3) is 0.0769. The summed E-state index contributed by atoms with van der Waals surface area (Å²) in [5.74, 6) is -0.370. The predicted octanol–water partition coefficient (Wildman–Crippen LogP) is 3.70. The number of sulfonamides is 1. The van der Waals surface area contributed by atoms with Gasteiger partial charge in [-0.05, 0) is 48.9 Å². The maximum atomic E-state index is 13.1. The first-order valence-electron chi connectivity index (χ1n) is 5.43. The SMILES string of the molecule is Cc1cc(NS(=O)(=O)c2cccc(Br)c2)ccc1F. The van der Waals surface area contributed by atoms with Crippen LogP contribution in [0, 0.1) is 12.7 Å². The van der Waals surface area contributed by atoms with Crippen molar-refractivity contribution in [1.29, 1.82) is 0 Å². The number of nitrogens with one attached hydrogen (secondary N) is 1. The van der Waals surface area contributed by atoms with Gasteiger partial charge in [-0.1, -0.05) is 22.0 Å². The Kier molecular flexibility index (Phi) is 3.91. The molecule has 19 heavy (non-hydrogen) atoms. The average Bonchev–Trinajstić information content (AvgIpc) is 2.33. The van der Waals surface area contributed by atoms with Crippen LogP contribution in [-0.2, 0) is 10.0 Å². The molecule has 6 heteroatoms. The smallest absolute Gasteiger partial charge is 0.261 e. The second-order valence-corrected chi connectivity index (χ2v) is 6.62. The van der Waals surface area contributed by atoms with E-state index in [-0.39, 0.29) is 10.7 Å². The second-order valence-electron chi connectivity index (χ2n) is 4.03. The summed E-state index contributed by atoms with van der Waals surface area (Å²) in [6, 6.07) is 10.4. The second kappa shape index (κ2) is 5.30. The first-order valence-corrected chi connectivity index (χ1v) is 7.71. The van der Waals surface area contributed by atoms with E-state index in [1.807, 2.05) is 0 Å². The van der Waals surface area contributed by atoms with Crippen LogP contribution in [0.3, 0.4) is 0 Å². The summed E-state index contributed by atoms with van der Waals surface area (Å²) in [5, 5.41) is 0. The summed E-state index contributed by atoms with van der Waals surface area (Å²) in [7, 11) is -3.67. The van der Waals surface area contributed by atoms with Gasteiger partial charge in [0.1, 0.15) is 5.82 Å². The highest BCUT2D eigenvalue weighted by molar-refractivity contribution is 9.10. The highest BCUT2D eigenvalue weighted by Gasteiger charge is 2.14. The van der Waals surface area contributed by atoms with E-state index >= 15 is 0 Å². The van der Waals surface area contributed by atoms with Crippen LogP contribution in [0.4, 0.5) is 10.1 Å². The van der Waals surface area contributed by atoms with Gasteiger partial charge in [-0.2, -0.15) is 0 Å². The Balaban J connectivity index is 2.33. The molecule has 0 aromatic heterocycles. The van der Waals surface area contributed by atoms with Gasteiger partial charge in [-0.25, -0.2) is 12.8 Å². The van der Waals surface area contributed by atoms with Crippen molar-refractivity contribution in [3.63, 3.8) is 0 Å². The Morgan fingerprint density at radius 2 is 1.89 bits per heavy atom. The highest BCUT2D eigenvalue weighted by Crippen LogP contribution is 2.20. The van der Waals surface area contributed by atoms with Gasteiger partial charge in [0.25, 0.3) is 10.0 Å². The van der Waals surface area contributed by atoms with Crippen LogP contribution in [0.2, 0.25) is 0 Å². The predicted molar refractivity (Wildman–Crippen MR) is 76.1 cm³/mol. The van der Waals surface area contributed by atoms with E-state index in [1.54, 1.807) is 19.1 Å². The monoisotopic (exact) mass is 343 g/mol. The lowest BCUT2D eigenvalue weighted by Crippen LogP contribution is -2.13. The lowest BCUT2D eigenvalue weighted by atomic mass is 10.2. The highest BCUT2D eigenvalue weighted by atomic mass is 79.9. The Labute approximate surface area is 119 Å². The average molecular weight is 344 g/mol. The van der Waals surface area contributed by atoms with E-state index < -0.39 is 10.0 Å². The number of anilines is 1. The van der Waals surface area contributed by atoms with Gasteiger partial charge in [0, 0.05) is 10.2 Å². The van der Waals surface area contributed by atoms with Crippen LogP contribution in [0.15, 0.2) is 51.8 Å². The molecule has 0 saturated heterocycles. The third-order valence-electron chi connectivity index (χ3n) is 2.52. The summed E-state index contributed by atoms with van der Waals surface area (Å²) >= 11 is 3.22. The van der Waals surface area contributed by atoms with Gasteiger partial charge in [0.2, 0.25) is 0 Å². The Bertz CT molecular complexity index is 716. The fourth-order valence-corrected chi connectivity index (χ4v) is 3.20. The zero-order valence-corrected chi connectivity index (χ0v) is 12.4. The molecule has 100 valence electrons. The van der Waals surface area contributed by atoms with Gasteiger partial charge in [0.05, 0.1) is 4.90 Å². The summed E-state index contributed by atoms with van der Waals surface area (Å²) < 4.78 is 40.5. The van der Waals surface area contributed by atoms with E-state index in [4.69, 9.17) is 0 Å². The molecule has 0 bridgehead atoms. The van der Waals surface area contributed by atoms with Gasteiger partial charge in [-0.3, -0.25) is 4.72 Å². The minimum atomic E-state index is -3.67. The molecule has 2 aromatic carbocycles.